The van der Waals surface area contributed by atoms with E-state index in [9.17, 15) is 14.7 Å². The van der Waals surface area contributed by atoms with E-state index in [1.54, 1.807) is 0 Å². The highest BCUT2D eigenvalue weighted by atomic mass is 16.3. The summed E-state index contributed by atoms with van der Waals surface area (Å²) in [6, 6.07) is 6.89. The fraction of sp³-hybridized carbons (Fsp3) is 0.640. The molecule has 1 aliphatic carbocycles. The Hall–Kier alpha value is -2.45. The largest absolute Gasteiger partial charge is 0.394 e. The third kappa shape index (κ3) is 6.54. The van der Waals surface area contributed by atoms with E-state index in [1.165, 1.54) is 38.5 Å². The van der Waals surface area contributed by atoms with E-state index in [0.717, 1.165) is 17.4 Å². The number of carbonyl (C=O) groups is 2. The van der Waals surface area contributed by atoms with Crippen LogP contribution in [0, 0.1) is 11.3 Å². The van der Waals surface area contributed by atoms with Gasteiger partial charge in [0, 0.05) is 18.5 Å². The summed E-state index contributed by atoms with van der Waals surface area (Å²) in [4.78, 5) is 26.1. The van der Waals surface area contributed by atoms with Crippen molar-refractivity contribution in [3.05, 3.63) is 30.0 Å². The SMILES string of the molecule is CC(C)(C)[C@H](NC(=O)c1nn(CC2CCCCCC2)c2ccccc12)C(=O)NC[C@H](O)CO. The van der Waals surface area contributed by atoms with Crippen LogP contribution in [0.25, 0.3) is 10.9 Å². The zero-order valence-electron chi connectivity index (χ0n) is 20.0. The minimum atomic E-state index is -1.05. The molecule has 4 N–H and O–H groups in total. The average Bonchev–Trinajstić information content (AvgIpc) is 2.94. The van der Waals surface area contributed by atoms with E-state index in [2.05, 4.69) is 10.6 Å². The Morgan fingerprint density at radius 2 is 1.82 bits per heavy atom. The summed E-state index contributed by atoms with van der Waals surface area (Å²) in [5.74, 6) is -0.257. The van der Waals surface area contributed by atoms with Gasteiger partial charge >= 0.3 is 0 Å². The molecule has 1 saturated carbocycles. The molecule has 1 aromatic carbocycles. The Balaban J connectivity index is 1.82. The highest BCUT2D eigenvalue weighted by molar-refractivity contribution is 6.06. The van der Waals surface area contributed by atoms with E-state index in [0.29, 0.717) is 11.6 Å². The second kappa shape index (κ2) is 11.1. The number of hydrogen-bond donors (Lipinski definition) is 4. The smallest absolute Gasteiger partial charge is 0.273 e. The molecular formula is C25H38N4O4. The molecule has 2 aromatic rings. The fourth-order valence-electron chi connectivity index (χ4n) is 4.49. The standard InChI is InChI=1S/C25H38N4O4/c1-25(2,3)22(24(33)26-14-18(31)16-30)27-23(32)21-19-12-8-9-13-20(19)29(28-21)15-17-10-6-4-5-7-11-17/h8-9,12-13,17-18,22,30-31H,4-7,10-11,14-16H2,1-3H3,(H,26,33)(H,27,32)/t18-,22+/m0/s1. The Morgan fingerprint density at radius 1 is 1.15 bits per heavy atom. The third-order valence-corrected chi connectivity index (χ3v) is 6.41. The zero-order chi connectivity index (χ0) is 24.0. The van der Waals surface area contributed by atoms with E-state index in [4.69, 9.17) is 10.2 Å². The van der Waals surface area contributed by atoms with Gasteiger partial charge in [-0.15, -0.1) is 0 Å². The number of nitrogens with one attached hydrogen (secondary N) is 2. The Labute approximate surface area is 195 Å². The Kier molecular flexibility index (Phi) is 8.48. The monoisotopic (exact) mass is 458 g/mol. The number of aliphatic hydroxyl groups is 2. The molecule has 2 atom stereocenters. The molecule has 0 spiro atoms. The number of carbonyl (C=O) groups excluding carboxylic acids is 2. The van der Waals surface area contributed by atoms with Crippen LogP contribution in [-0.4, -0.2) is 57.1 Å². The summed E-state index contributed by atoms with van der Waals surface area (Å²) >= 11 is 0. The molecule has 8 heteroatoms. The van der Waals surface area contributed by atoms with Crippen molar-refractivity contribution in [1.82, 2.24) is 20.4 Å². The maximum Gasteiger partial charge on any atom is 0.273 e. The molecular weight excluding hydrogens is 420 g/mol. The molecule has 1 fully saturated rings. The highest BCUT2D eigenvalue weighted by Crippen LogP contribution is 2.27. The molecule has 2 amide bonds. The minimum absolute atomic E-state index is 0.0866. The third-order valence-electron chi connectivity index (χ3n) is 6.41. The summed E-state index contributed by atoms with van der Waals surface area (Å²) in [6.07, 6.45) is 6.37. The molecule has 1 heterocycles. The first-order valence-corrected chi connectivity index (χ1v) is 12.0. The van der Waals surface area contributed by atoms with Crippen molar-refractivity contribution >= 4 is 22.7 Å². The van der Waals surface area contributed by atoms with Crippen LogP contribution >= 0.6 is 0 Å². The predicted molar refractivity (Wildman–Crippen MR) is 128 cm³/mol. The molecule has 3 rings (SSSR count). The lowest BCUT2D eigenvalue weighted by Gasteiger charge is -2.30. The average molecular weight is 459 g/mol. The van der Waals surface area contributed by atoms with Crippen molar-refractivity contribution in [2.75, 3.05) is 13.2 Å². The van der Waals surface area contributed by atoms with Crippen LogP contribution < -0.4 is 10.6 Å². The first-order valence-electron chi connectivity index (χ1n) is 12.0. The molecule has 0 aliphatic heterocycles. The molecule has 33 heavy (non-hydrogen) atoms. The maximum atomic E-state index is 13.3. The van der Waals surface area contributed by atoms with Crippen LogP contribution in [-0.2, 0) is 11.3 Å². The van der Waals surface area contributed by atoms with Crippen molar-refractivity contribution in [2.45, 2.75) is 78.0 Å². The van der Waals surface area contributed by atoms with Crippen molar-refractivity contribution < 1.29 is 19.8 Å². The number of nitrogens with zero attached hydrogens (tertiary/aromatic N) is 2. The summed E-state index contributed by atoms with van der Waals surface area (Å²) < 4.78 is 1.95. The van der Waals surface area contributed by atoms with Gasteiger partial charge in [-0.25, -0.2) is 0 Å². The normalized spacial score (nSPS) is 17.4. The summed E-state index contributed by atoms with van der Waals surface area (Å²) in [7, 11) is 0. The highest BCUT2D eigenvalue weighted by Gasteiger charge is 2.34. The first kappa shape index (κ1) is 25.2. The van der Waals surface area contributed by atoms with Crippen LogP contribution in [0.3, 0.4) is 0 Å². The predicted octanol–water partition coefficient (Wildman–Crippen LogP) is 2.62. The number of rotatable bonds is 8. The molecule has 182 valence electrons. The second-order valence-electron chi connectivity index (χ2n) is 10.3. The van der Waals surface area contributed by atoms with Crippen molar-refractivity contribution in [1.29, 1.82) is 0 Å². The van der Waals surface area contributed by atoms with Gasteiger partial charge in [0.2, 0.25) is 5.91 Å². The van der Waals surface area contributed by atoms with Gasteiger partial charge in [0.1, 0.15) is 6.04 Å². The van der Waals surface area contributed by atoms with Gasteiger partial charge in [0.15, 0.2) is 5.69 Å². The molecule has 8 nitrogen and oxygen atoms in total. The number of aliphatic hydroxyl groups excluding tert-OH is 2. The summed E-state index contributed by atoms with van der Waals surface area (Å²) in [6.45, 7) is 5.85. The molecule has 1 aromatic heterocycles. The van der Waals surface area contributed by atoms with Gasteiger partial charge in [-0.1, -0.05) is 64.7 Å². The van der Waals surface area contributed by atoms with Crippen LogP contribution in [0.15, 0.2) is 24.3 Å². The van der Waals surface area contributed by atoms with Gasteiger partial charge in [0.05, 0.1) is 18.2 Å². The molecule has 0 radical (unpaired) electrons. The Morgan fingerprint density at radius 3 is 2.45 bits per heavy atom. The first-order chi connectivity index (χ1) is 15.7. The number of aromatic nitrogens is 2. The minimum Gasteiger partial charge on any atom is -0.394 e. The topological polar surface area (TPSA) is 116 Å². The van der Waals surface area contributed by atoms with E-state index in [-0.39, 0.29) is 6.54 Å². The van der Waals surface area contributed by atoms with Crippen molar-refractivity contribution in [3.63, 3.8) is 0 Å². The molecule has 0 unspecified atom stereocenters. The van der Waals surface area contributed by atoms with Crippen LogP contribution in [0.1, 0.15) is 69.8 Å². The van der Waals surface area contributed by atoms with E-state index >= 15 is 0 Å². The van der Waals surface area contributed by atoms with Gasteiger partial charge < -0.3 is 20.8 Å². The number of hydrogen-bond acceptors (Lipinski definition) is 5. The number of para-hydroxylation sites is 1. The van der Waals surface area contributed by atoms with Crippen molar-refractivity contribution in [3.8, 4) is 0 Å². The lowest BCUT2D eigenvalue weighted by atomic mass is 9.86. The van der Waals surface area contributed by atoms with E-state index < -0.39 is 36.0 Å². The van der Waals surface area contributed by atoms with E-state index in [1.807, 2.05) is 49.7 Å². The number of amides is 2. The van der Waals surface area contributed by atoms with Gasteiger partial charge in [-0.05, 0) is 30.2 Å². The van der Waals surface area contributed by atoms with Gasteiger partial charge in [0.25, 0.3) is 5.91 Å². The Bertz CT molecular complexity index is 942. The fourth-order valence-corrected chi connectivity index (χ4v) is 4.49. The lowest BCUT2D eigenvalue weighted by Crippen LogP contribution is -2.54. The van der Waals surface area contributed by atoms with Gasteiger partial charge in [-0.2, -0.15) is 5.10 Å². The van der Waals surface area contributed by atoms with Crippen LogP contribution in [0.5, 0.6) is 0 Å². The molecule has 0 saturated heterocycles. The van der Waals surface area contributed by atoms with Crippen LogP contribution in [0.2, 0.25) is 0 Å². The second-order valence-corrected chi connectivity index (χ2v) is 10.3. The van der Waals surface area contributed by atoms with Gasteiger partial charge in [-0.3, -0.25) is 14.3 Å². The van der Waals surface area contributed by atoms with Crippen LogP contribution in [0.4, 0.5) is 0 Å². The zero-order valence-corrected chi connectivity index (χ0v) is 20.0. The molecule has 1 aliphatic rings. The quantitative estimate of drug-likeness (QED) is 0.454. The summed E-state index contributed by atoms with van der Waals surface area (Å²) in [5, 5.41) is 29.5. The maximum absolute atomic E-state index is 13.3. The number of fused-ring (bicyclic) bond motifs is 1. The van der Waals surface area contributed by atoms with Crippen molar-refractivity contribution in [2.24, 2.45) is 11.3 Å². The summed E-state index contributed by atoms with van der Waals surface area (Å²) in [5.41, 5.74) is 0.675. The number of benzene rings is 1. The lowest BCUT2D eigenvalue weighted by molar-refractivity contribution is -0.125. The molecule has 0 bridgehead atoms.